The molecular weight excluding hydrogens is 294 g/mol. The summed E-state index contributed by atoms with van der Waals surface area (Å²) in [7, 11) is -3.75. The second-order valence-electron chi connectivity index (χ2n) is 4.66. The van der Waals surface area contributed by atoms with Gasteiger partial charge in [-0.05, 0) is 35.9 Å². The average Bonchev–Trinajstić information content (AvgIpc) is 2.88. The lowest BCUT2D eigenvalue weighted by atomic mass is 10.1. The third-order valence-corrected chi connectivity index (χ3v) is 4.67. The van der Waals surface area contributed by atoms with Crippen LogP contribution in [0.15, 0.2) is 40.7 Å². The second kappa shape index (κ2) is 6.34. The van der Waals surface area contributed by atoms with Crippen molar-refractivity contribution in [3.63, 3.8) is 0 Å². The highest BCUT2D eigenvalue weighted by atomic mass is 32.2. The Morgan fingerprint density at radius 3 is 2.85 bits per heavy atom. The third kappa shape index (κ3) is 4.03. The van der Waals surface area contributed by atoms with Gasteiger partial charge < -0.3 is 5.32 Å². The molecule has 0 aliphatic heterocycles. The molecule has 20 heavy (non-hydrogen) atoms. The zero-order valence-electron chi connectivity index (χ0n) is 11.1. The molecule has 1 unspecified atom stereocenters. The quantitative estimate of drug-likeness (QED) is 0.855. The highest BCUT2D eigenvalue weighted by Gasteiger charge is 2.15. The number of hydrogen-bond acceptors (Lipinski definition) is 5. The first-order valence-electron chi connectivity index (χ1n) is 6.21. The highest BCUT2D eigenvalue weighted by Crippen LogP contribution is 2.18. The van der Waals surface area contributed by atoms with Gasteiger partial charge in [-0.1, -0.05) is 13.0 Å². The minimum Gasteiger partial charge on any atom is -0.369 e. The fourth-order valence-electron chi connectivity index (χ4n) is 1.87. The van der Waals surface area contributed by atoms with Crippen LogP contribution in [0.2, 0.25) is 0 Å². The number of pyridine rings is 1. The smallest absolute Gasteiger partial charge is 0.241 e. The Morgan fingerprint density at radius 2 is 2.20 bits per heavy atom. The lowest BCUT2D eigenvalue weighted by Crippen LogP contribution is -2.19. The zero-order chi connectivity index (χ0) is 14.6. The Hall–Kier alpha value is -1.44. The summed E-state index contributed by atoms with van der Waals surface area (Å²) in [5.74, 6) is 0.678. The van der Waals surface area contributed by atoms with Gasteiger partial charge in [-0.15, -0.1) is 11.3 Å². The first kappa shape index (κ1) is 15.0. The van der Waals surface area contributed by atoms with Crippen LogP contribution in [0.1, 0.15) is 11.8 Å². The number of nitrogens with two attached hydrogens (primary N) is 1. The standard InChI is InChI=1S/C13H17N3O2S2/c1-10(8-11-4-3-7-19-11)9-16-13-12(20(14,17)18)5-2-6-15-13/h2-7,10H,8-9H2,1H3,(H,15,16)(H2,14,17,18). The summed E-state index contributed by atoms with van der Waals surface area (Å²) in [4.78, 5) is 5.39. The maximum Gasteiger partial charge on any atom is 0.241 e. The molecule has 0 fully saturated rings. The van der Waals surface area contributed by atoms with Crippen molar-refractivity contribution < 1.29 is 8.42 Å². The van der Waals surface area contributed by atoms with Crippen LogP contribution >= 0.6 is 11.3 Å². The van der Waals surface area contributed by atoms with Crippen molar-refractivity contribution in [2.75, 3.05) is 11.9 Å². The number of sulfonamides is 1. The first-order chi connectivity index (χ1) is 9.47. The Bertz CT molecular complexity index is 654. The van der Waals surface area contributed by atoms with Crippen molar-refractivity contribution in [2.24, 2.45) is 11.1 Å². The maximum absolute atomic E-state index is 11.5. The largest absolute Gasteiger partial charge is 0.369 e. The molecule has 2 aromatic heterocycles. The lowest BCUT2D eigenvalue weighted by Gasteiger charge is -2.14. The Labute approximate surface area is 122 Å². The Kier molecular flexibility index (Phi) is 4.74. The van der Waals surface area contributed by atoms with Gasteiger partial charge in [0.2, 0.25) is 10.0 Å². The van der Waals surface area contributed by atoms with Gasteiger partial charge in [-0.3, -0.25) is 0 Å². The summed E-state index contributed by atoms with van der Waals surface area (Å²) < 4.78 is 22.9. The van der Waals surface area contributed by atoms with E-state index in [4.69, 9.17) is 5.14 Å². The SMILES string of the molecule is CC(CNc1ncccc1S(N)(=O)=O)Cc1cccs1. The van der Waals surface area contributed by atoms with Gasteiger partial charge in [0.05, 0.1) is 0 Å². The lowest BCUT2D eigenvalue weighted by molar-refractivity contribution is 0.595. The van der Waals surface area contributed by atoms with Crippen molar-refractivity contribution in [1.29, 1.82) is 0 Å². The Morgan fingerprint density at radius 1 is 1.40 bits per heavy atom. The number of nitrogens with zero attached hydrogens (tertiary/aromatic N) is 1. The topological polar surface area (TPSA) is 85.1 Å². The first-order valence-corrected chi connectivity index (χ1v) is 8.63. The molecule has 0 radical (unpaired) electrons. The number of nitrogens with one attached hydrogen (secondary N) is 1. The van der Waals surface area contributed by atoms with E-state index >= 15 is 0 Å². The number of primary sulfonamides is 1. The van der Waals surface area contributed by atoms with Crippen LogP contribution in [0.25, 0.3) is 0 Å². The van der Waals surface area contributed by atoms with Crippen molar-refractivity contribution in [3.05, 3.63) is 40.7 Å². The molecule has 0 saturated carbocycles. The van der Waals surface area contributed by atoms with Crippen LogP contribution in [0.4, 0.5) is 5.82 Å². The molecule has 7 heteroatoms. The summed E-state index contributed by atoms with van der Waals surface area (Å²) >= 11 is 1.72. The van der Waals surface area contributed by atoms with Crippen LogP contribution in [-0.4, -0.2) is 19.9 Å². The molecule has 2 rings (SSSR count). The van der Waals surface area contributed by atoms with E-state index in [0.717, 1.165) is 6.42 Å². The van der Waals surface area contributed by atoms with Crippen LogP contribution in [0, 0.1) is 5.92 Å². The Balaban J connectivity index is 2.01. The molecule has 0 aliphatic rings. The van der Waals surface area contributed by atoms with E-state index in [9.17, 15) is 8.42 Å². The van der Waals surface area contributed by atoms with Crippen LogP contribution < -0.4 is 10.5 Å². The van der Waals surface area contributed by atoms with E-state index in [1.54, 1.807) is 23.6 Å². The van der Waals surface area contributed by atoms with Gasteiger partial charge in [0.25, 0.3) is 0 Å². The average molecular weight is 311 g/mol. The van der Waals surface area contributed by atoms with Crippen LogP contribution in [0.3, 0.4) is 0 Å². The summed E-state index contributed by atoms with van der Waals surface area (Å²) in [5, 5.41) is 10.3. The summed E-state index contributed by atoms with van der Waals surface area (Å²) in [6.07, 6.45) is 2.49. The van der Waals surface area contributed by atoms with Gasteiger partial charge in [0.15, 0.2) is 0 Å². The number of anilines is 1. The summed E-state index contributed by atoms with van der Waals surface area (Å²) in [6, 6.07) is 7.13. The van der Waals surface area contributed by atoms with Crippen molar-refractivity contribution >= 4 is 27.2 Å². The summed E-state index contributed by atoms with van der Waals surface area (Å²) in [5.41, 5.74) is 0. The van der Waals surface area contributed by atoms with E-state index in [1.807, 2.05) is 11.4 Å². The molecule has 1 atom stereocenters. The molecule has 5 nitrogen and oxygen atoms in total. The molecule has 2 heterocycles. The molecule has 0 saturated heterocycles. The molecule has 3 N–H and O–H groups in total. The maximum atomic E-state index is 11.5. The molecule has 0 bridgehead atoms. The van der Waals surface area contributed by atoms with Gasteiger partial charge in [-0.25, -0.2) is 18.5 Å². The monoisotopic (exact) mass is 311 g/mol. The van der Waals surface area contributed by atoms with E-state index in [2.05, 4.69) is 23.3 Å². The highest BCUT2D eigenvalue weighted by molar-refractivity contribution is 7.89. The van der Waals surface area contributed by atoms with Crippen LogP contribution in [0.5, 0.6) is 0 Å². The second-order valence-corrected chi connectivity index (χ2v) is 7.23. The zero-order valence-corrected chi connectivity index (χ0v) is 12.7. The number of aromatic nitrogens is 1. The third-order valence-electron chi connectivity index (χ3n) is 2.82. The van der Waals surface area contributed by atoms with E-state index in [-0.39, 0.29) is 4.90 Å². The molecule has 0 aliphatic carbocycles. The van der Waals surface area contributed by atoms with E-state index in [1.165, 1.54) is 10.9 Å². The molecule has 108 valence electrons. The van der Waals surface area contributed by atoms with Crippen molar-refractivity contribution in [3.8, 4) is 0 Å². The van der Waals surface area contributed by atoms with Crippen LogP contribution in [-0.2, 0) is 16.4 Å². The minimum atomic E-state index is -3.75. The van der Waals surface area contributed by atoms with Gasteiger partial charge in [0.1, 0.15) is 10.7 Å². The number of hydrogen-bond donors (Lipinski definition) is 2. The minimum absolute atomic E-state index is 0.0309. The van der Waals surface area contributed by atoms with Gasteiger partial charge in [0, 0.05) is 17.6 Å². The van der Waals surface area contributed by atoms with Gasteiger partial charge in [-0.2, -0.15) is 0 Å². The number of thiophene rings is 1. The van der Waals surface area contributed by atoms with Gasteiger partial charge >= 0.3 is 0 Å². The molecule has 0 aromatic carbocycles. The molecule has 0 spiro atoms. The van der Waals surface area contributed by atoms with E-state index < -0.39 is 10.0 Å². The molecular formula is C13H17N3O2S2. The molecule has 0 amide bonds. The van der Waals surface area contributed by atoms with Crippen molar-refractivity contribution in [2.45, 2.75) is 18.2 Å². The predicted octanol–water partition coefficient (Wildman–Crippen LogP) is 2.08. The normalized spacial score (nSPS) is 13.1. The number of rotatable bonds is 6. The van der Waals surface area contributed by atoms with E-state index in [0.29, 0.717) is 18.3 Å². The fraction of sp³-hybridized carbons (Fsp3) is 0.308. The fourth-order valence-corrected chi connectivity index (χ4v) is 3.40. The summed E-state index contributed by atoms with van der Waals surface area (Å²) in [6.45, 7) is 2.74. The predicted molar refractivity (Wildman–Crippen MR) is 81.3 cm³/mol. The van der Waals surface area contributed by atoms with Crippen molar-refractivity contribution in [1.82, 2.24) is 4.98 Å². The molecule has 2 aromatic rings.